The van der Waals surface area contributed by atoms with Crippen molar-refractivity contribution >= 4 is 17.7 Å². The van der Waals surface area contributed by atoms with Gasteiger partial charge in [-0.3, -0.25) is 14.4 Å². The molecule has 1 heterocycles. The van der Waals surface area contributed by atoms with Gasteiger partial charge in [-0.05, 0) is 44.6 Å². The summed E-state index contributed by atoms with van der Waals surface area (Å²) < 4.78 is 0. The molecule has 7 nitrogen and oxygen atoms in total. The minimum absolute atomic E-state index is 0.0368. The van der Waals surface area contributed by atoms with Crippen LogP contribution in [0, 0.1) is 11.8 Å². The van der Waals surface area contributed by atoms with Gasteiger partial charge in [-0.2, -0.15) is 0 Å². The number of carbonyl (C=O) groups excluding carboxylic acids is 3. The molecular weight excluding hydrogens is 380 g/mol. The van der Waals surface area contributed by atoms with Crippen molar-refractivity contribution in [2.45, 2.75) is 65.1 Å². The molecule has 0 radical (unpaired) electrons. The second-order valence-corrected chi connectivity index (χ2v) is 8.71. The van der Waals surface area contributed by atoms with Crippen molar-refractivity contribution < 1.29 is 14.4 Å². The van der Waals surface area contributed by atoms with Gasteiger partial charge in [0.05, 0.1) is 12.1 Å². The summed E-state index contributed by atoms with van der Waals surface area (Å²) in [7, 11) is 0. The zero-order valence-corrected chi connectivity index (χ0v) is 18.6. The molecule has 1 aliphatic rings. The van der Waals surface area contributed by atoms with E-state index in [1.54, 1.807) is 11.8 Å². The zero-order chi connectivity index (χ0) is 22.3. The van der Waals surface area contributed by atoms with Crippen LogP contribution in [-0.2, 0) is 14.4 Å². The highest BCUT2D eigenvalue weighted by atomic mass is 16.2. The minimum atomic E-state index is -0.622. The van der Waals surface area contributed by atoms with E-state index >= 15 is 0 Å². The van der Waals surface area contributed by atoms with Gasteiger partial charge in [-0.1, -0.05) is 44.2 Å². The lowest BCUT2D eigenvalue weighted by atomic mass is 9.94. The van der Waals surface area contributed by atoms with Gasteiger partial charge < -0.3 is 21.3 Å². The molecule has 30 heavy (non-hydrogen) atoms. The fourth-order valence-corrected chi connectivity index (χ4v) is 3.77. The highest BCUT2D eigenvalue weighted by molar-refractivity contribution is 5.88. The third kappa shape index (κ3) is 6.83. The number of amides is 3. The molecule has 0 aliphatic carbocycles. The molecule has 0 bridgehead atoms. The molecule has 3 amide bonds. The van der Waals surface area contributed by atoms with Gasteiger partial charge in [-0.25, -0.2) is 0 Å². The summed E-state index contributed by atoms with van der Waals surface area (Å²) in [6.07, 6.45) is 1.83. The topological polar surface area (TPSA) is 105 Å². The molecule has 0 spiro atoms. The van der Waals surface area contributed by atoms with E-state index in [4.69, 9.17) is 5.73 Å². The summed E-state index contributed by atoms with van der Waals surface area (Å²) in [6.45, 7) is 8.74. The average Bonchev–Trinajstić information content (AvgIpc) is 2.73. The lowest BCUT2D eigenvalue weighted by Crippen LogP contribution is -2.51. The van der Waals surface area contributed by atoms with E-state index in [1.807, 2.05) is 51.1 Å². The molecule has 1 saturated heterocycles. The van der Waals surface area contributed by atoms with Gasteiger partial charge in [0.15, 0.2) is 0 Å². The Morgan fingerprint density at radius 3 is 2.20 bits per heavy atom. The maximum Gasteiger partial charge on any atom is 0.242 e. The molecule has 3 atom stereocenters. The van der Waals surface area contributed by atoms with Crippen molar-refractivity contribution in [3.63, 3.8) is 0 Å². The van der Waals surface area contributed by atoms with E-state index in [2.05, 4.69) is 10.6 Å². The number of rotatable bonds is 8. The fourth-order valence-electron chi connectivity index (χ4n) is 3.77. The Morgan fingerprint density at radius 1 is 1.03 bits per heavy atom. The molecule has 0 saturated carbocycles. The van der Waals surface area contributed by atoms with Gasteiger partial charge in [-0.15, -0.1) is 0 Å². The van der Waals surface area contributed by atoms with E-state index in [1.165, 1.54) is 0 Å². The third-order valence-corrected chi connectivity index (χ3v) is 5.63. The minimum Gasteiger partial charge on any atom is -0.348 e. The monoisotopic (exact) mass is 416 g/mol. The Labute approximate surface area is 179 Å². The normalized spacial score (nSPS) is 17.9. The maximum atomic E-state index is 12.6. The number of hydrogen-bond acceptors (Lipinski definition) is 4. The van der Waals surface area contributed by atoms with Gasteiger partial charge in [0.1, 0.15) is 6.04 Å². The second-order valence-electron chi connectivity index (χ2n) is 8.71. The number of hydrogen-bond donors (Lipinski definition) is 3. The smallest absolute Gasteiger partial charge is 0.242 e. The van der Waals surface area contributed by atoms with Crippen molar-refractivity contribution in [1.29, 1.82) is 0 Å². The average molecular weight is 417 g/mol. The molecule has 1 fully saturated rings. The van der Waals surface area contributed by atoms with Gasteiger partial charge in [0, 0.05) is 19.0 Å². The first-order chi connectivity index (χ1) is 14.2. The van der Waals surface area contributed by atoms with Crippen LogP contribution < -0.4 is 16.4 Å². The number of nitrogens with zero attached hydrogens (tertiary/aromatic N) is 1. The van der Waals surface area contributed by atoms with E-state index in [0.29, 0.717) is 38.3 Å². The number of piperidine rings is 1. The predicted molar refractivity (Wildman–Crippen MR) is 117 cm³/mol. The van der Waals surface area contributed by atoms with Crippen LogP contribution in [0.3, 0.4) is 0 Å². The van der Waals surface area contributed by atoms with Crippen LogP contribution in [-0.4, -0.2) is 47.8 Å². The molecule has 4 N–H and O–H groups in total. The lowest BCUT2D eigenvalue weighted by molar-refractivity contribution is -0.137. The van der Waals surface area contributed by atoms with Crippen molar-refractivity contribution in [1.82, 2.24) is 15.5 Å². The molecule has 3 unspecified atom stereocenters. The van der Waals surface area contributed by atoms with Crippen molar-refractivity contribution in [3.05, 3.63) is 35.9 Å². The van der Waals surface area contributed by atoms with E-state index in [9.17, 15) is 14.4 Å². The van der Waals surface area contributed by atoms with Crippen LogP contribution in [0.1, 0.15) is 58.6 Å². The summed E-state index contributed by atoms with van der Waals surface area (Å²) in [5.41, 5.74) is 7.02. The van der Waals surface area contributed by atoms with Gasteiger partial charge in [0.25, 0.3) is 0 Å². The Morgan fingerprint density at radius 2 is 1.63 bits per heavy atom. The summed E-state index contributed by atoms with van der Waals surface area (Å²) in [4.78, 5) is 39.3. The number of likely N-dealkylation sites (tertiary alicyclic amines) is 1. The summed E-state index contributed by atoms with van der Waals surface area (Å²) in [6, 6.07) is 8.45. The molecule has 2 rings (SSSR count). The van der Waals surface area contributed by atoms with Crippen LogP contribution >= 0.6 is 0 Å². The quantitative estimate of drug-likeness (QED) is 0.603. The first kappa shape index (κ1) is 23.9. The molecule has 1 aromatic rings. The van der Waals surface area contributed by atoms with E-state index in [0.717, 1.165) is 5.56 Å². The van der Waals surface area contributed by atoms with Crippen molar-refractivity contribution in [3.8, 4) is 0 Å². The standard InChI is InChI=1S/C23H36N4O3/c1-15(2)14-20(24)23(30)27-12-10-19(11-13-27)22(29)26-17(4)21(28)25-16(3)18-8-6-5-7-9-18/h5-9,15-17,19-20H,10-14,24H2,1-4H3,(H,25,28)(H,26,29). The molecule has 7 heteroatoms. The molecule has 1 aliphatic heterocycles. The van der Waals surface area contributed by atoms with Crippen LogP contribution in [0.25, 0.3) is 0 Å². The Bertz CT molecular complexity index is 714. The van der Waals surface area contributed by atoms with Crippen molar-refractivity contribution in [2.24, 2.45) is 17.6 Å². The highest BCUT2D eigenvalue weighted by Crippen LogP contribution is 2.19. The summed E-state index contributed by atoms with van der Waals surface area (Å²) in [5, 5.41) is 5.75. The Kier molecular flexibility index (Phi) is 8.84. The van der Waals surface area contributed by atoms with E-state index in [-0.39, 0.29) is 29.7 Å². The largest absolute Gasteiger partial charge is 0.348 e. The third-order valence-electron chi connectivity index (χ3n) is 5.63. The SMILES string of the molecule is CC(C)CC(N)C(=O)N1CCC(C(=O)NC(C)C(=O)NC(C)c2ccccc2)CC1. The second kappa shape index (κ2) is 11.1. The molecule has 1 aromatic carbocycles. The Balaban J connectivity index is 1.78. The van der Waals surface area contributed by atoms with Crippen LogP contribution in [0.5, 0.6) is 0 Å². The number of nitrogens with one attached hydrogen (secondary N) is 2. The first-order valence-electron chi connectivity index (χ1n) is 10.9. The van der Waals surface area contributed by atoms with Crippen LogP contribution in [0.2, 0.25) is 0 Å². The lowest BCUT2D eigenvalue weighted by Gasteiger charge is -2.33. The predicted octanol–water partition coefficient (Wildman–Crippen LogP) is 1.98. The number of nitrogens with two attached hydrogens (primary N) is 1. The van der Waals surface area contributed by atoms with E-state index < -0.39 is 12.1 Å². The fraction of sp³-hybridized carbons (Fsp3) is 0.609. The van der Waals surface area contributed by atoms with Crippen molar-refractivity contribution in [2.75, 3.05) is 13.1 Å². The first-order valence-corrected chi connectivity index (χ1v) is 10.9. The van der Waals surface area contributed by atoms with Crippen LogP contribution in [0.4, 0.5) is 0 Å². The molecule has 166 valence electrons. The summed E-state index contributed by atoms with van der Waals surface area (Å²) in [5.74, 6) is -0.220. The van der Waals surface area contributed by atoms with Crippen LogP contribution in [0.15, 0.2) is 30.3 Å². The zero-order valence-electron chi connectivity index (χ0n) is 18.6. The van der Waals surface area contributed by atoms with Gasteiger partial charge in [0.2, 0.25) is 17.7 Å². The Hall–Kier alpha value is -2.41. The summed E-state index contributed by atoms with van der Waals surface area (Å²) >= 11 is 0. The number of benzene rings is 1. The maximum absolute atomic E-state index is 12.6. The molecular formula is C23H36N4O3. The molecule has 0 aromatic heterocycles. The highest BCUT2D eigenvalue weighted by Gasteiger charge is 2.31. The number of carbonyl (C=O) groups is 3. The van der Waals surface area contributed by atoms with Gasteiger partial charge >= 0.3 is 0 Å².